The fraction of sp³-hybridized carbons (Fsp3) is 0.0435. The highest BCUT2D eigenvalue weighted by Gasteiger charge is 2.21. The molecule has 148 valence electrons. The minimum atomic E-state index is 0.336. The van der Waals surface area contributed by atoms with Gasteiger partial charge < -0.3 is 5.73 Å². The van der Waals surface area contributed by atoms with Gasteiger partial charge in [-0.25, -0.2) is 15.0 Å². The van der Waals surface area contributed by atoms with Crippen molar-refractivity contribution in [2.75, 3.05) is 5.73 Å². The van der Waals surface area contributed by atoms with Gasteiger partial charge in [-0.3, -0.25) is 9.67 Å². The van der Waals surface area contributed by atoms with Crippen LogP contribution in [0.3, 0.4) is 0 Å². The zero-order valence-corrected chi connectivity index (χ0v) is 16.3. The third-order valence-corrected chi connectivity index (χ3v) is 4.93. The van der Waals surface area contributed by atoms with E-state index in [2.05, 4.69) is 26.0 Å². The second-order valence-corrected chi connectivity index (χ2v) is 6.88. The zero-order chi connectivity index (χ0) is 21.2. The van der Waals surface area contributed by atoms with Crippen molar-refractivity contribution in [1.82, 2.24) is 29.7 Å². The summed E-state index contributed by atoms with van der Waals surface area (Å²) in [6, 6.07) is 17.0. The topological polar surface area (TPSA) is 119 Å². The Labute approximate surface area is 177 Å². The molecule has 0 atom stereocenters. The van der Waals surface area contributed by atoms with Gasteiger partial charge in [0, 0.05) is 24.2 Å². The number of nitrogen functional groups attached to an aromatic ring is 1. The fourth-order valence-corrected chi connectivity index (χ4v) is 3.54. The van der Waals surface area contributed by atoms with Crippen molar-refractivity contribution in [3.05, 3.63) is 84.7 Å². The zero-order valence-electron chi connectivity index (χ0n) is 16.3. The third-order valence-electron chi connectivity index (χ3n) is 4.93. The van der Waals surface area contributed by atoms with Crippen LogP contribution >= 0.6 is 0 Å². The summed E-state index contributed by atoms with van der Waals surface area (Å²) in [6.45, 7) is 0.488. The summed E-state index contributed by atoms with van der Waals surface area (Å²) in [6.07, 6.45) is 6.74. The average molecular weight is 404 g/mol. The Hall–Kier alpha value is -4.64. The third kappa shape index (κ3) is 3.34. The standard InChI is InChI=1S/C23H16N8/c24-11-15-5-1-2-7-17(15)21-20(19-8-10-26-14-28-19)22-18(23(25)29-21)13-31(30-22)12-16-6-3-4-9-27-16/h1-10,13-14H,12H2,(H2,25,29). The van der Waals surface area contributed by atoms with E-state index >= 15 is 0 Å². The Kier molecular flexibility index (Phi) is 4.54. The van der Waals surface area contributed by atoms with E-state index in [0.717, 1.165) is 5.69 Å². The van der Waals surface area contributed by atoms with Gasteiger partial charge in [0.25, 0.3) is 0 Å². The van der Waals surface area contributed by atoms with Crippen molar-refractivity contribution >= 4 is 16.7 Å². The van der Waals surface area contributed by atoms with Crippen molar-refractivity contribution < 1.29 is 0 Å². The lowest BCUT2D eigenvalue weighted by Crippen LogP contribution is -2.02. The average Bonchev–Trinajstić information content (AvgIpc) is 3.24. The van der Waals surface area contributed by atoms with E-state index in [1.165, 1.54) is 6.33 Å². The number of hydrogen-bond acceptors (Lipinski definition) is 7. The summed E-state index contributed by atoms with van der Waals surface area (Å²) in [5, 5.41) is 15.1. The molecule has 31 heavy (non-hydrogen) atoms. The molecule has 0 bridgehead atoms. The molecule has 0 saturated heterocycles. The highest BCUT2D eigenvalue weighted by molar-refractivity contribution is 6.04. The monoisotopic (exact) mass is 404 g/mol. The Bertz CT molecular complexity index is 1420. The van der Waals surface area contributed by atoms with E-state index in [4.69, 9.17) is 10.8 Å². The molecular formula is C23H16N8. The molecule has 0 radical (unpaired) electrons. The molecule has 4 heterocycles. The summed E-state index contributed by atoms with van der Waals surface area (Å²) < 4.78 is 1.79. The summed E-state index contributed by atoms with van der Waals surface area (Å²) in [5.74, 6) is 0.336. The number of anilines is 1. The van der Waals surface area contributed by atoms with Crippen LogP contribution in [0.15, 0.2) is 73.4 Å². The number of hydrogen-bond donors (Lipinski definition) is 1. The fourth-order valence-electron chi connectivity index (χ4n) is 3.54. The smallest absolute Gasteiger partial charge is 0.135 e. The molecule has 8 heteroatoms. The Morgan fingerprint density at radius 1 is 1.00 bits per heavy atom. The van der Waals surface area contributed by atoms with Gasteiger partial charge in [-0.05, 0) is 24.3 Å². The van der Waals surface area contributed by atoms with Crippen molar-refractivity contribution in [1.29, 1.82) is 5.26 Å². The van der Waals surface area contributed by atoms with Gasteiger partial charge in [-0.2, -0.15) is 10.4 Å². The molecule has 4 aromatic heterocycles. The number of nitrogens with two attached hydrogens (primary N) is 1. The van der Waals surface area contributed by atoms with Crippen LogP contribution in [0.1, 0.15) is 11.3 Å². The van der Waals surface area contributed by atoms with Crippen LogP contribution in [-0.2, 0) is 6.54 Å². The first-order valence-electron chi connectivity index (χ1n) is 9.57. The first-order valence-corrected chi connectivity index (χ1v) is 9.57. The van der Waals surface area contributed by atoms with E-state index in [1.807, 2.05) is 42.6 Å². The quantitative estimate of drug-likeness (QED) is 0.487. The lowest BCUT2D eigenvalue weighted by Gasteiger charge is -2.12. The predicted molar refractivity (Wildman–Crippen MR) is 116 cm³/mol. The highest BCUT2D eigenvalue weighted by Crippen LogP contribution is 2.38. The molecule has 0 amide bonds. The Morgan fingerprint density at radius 2 is 1.87 bits per heavy atom. The number of aromatic nitrogens is 6. The predicted octanol–water partition coefficient (Wildman–Crippen LogP) is 3.45. The molecule has 2 N–H and O–H groups in total. The summed E-state index contributed by atoms with van der Waals surface area (Å²) in [4.78, 5) is 17.5. The van der Waals surface area contributed by atoms with E-state index in [0.29, 0.717) is 51.3 Å². The first-order chi connectivity index (χ1) is 15.2. The lowest BCUT2D eigenvalue weighted by molar-refractivity contribution is 0.681. The number of pyridine rings is 2. The van der Waals surface area contributed by atoms with Crippen LogP contribution in [-0.4, -0.2) is 29.7 Å². The van der Waals surface area contributed by atoms with Crippen molar-refractivity contribution in [2.24, 2.45) is 0 Å². The van der Waals surface area contributed by atoms with Gasteiger partial charge in [-0.15, -0.1) is 0 Å². The van der Waals surface area contributed by atoms with E-state index in [9.17, 15) is 5.26 Å². The Morgan fingerprint density at radius 3 is 2.65 bits per heavy atom. The molecular weight excluding hydrogens is 388 g/mol. The van der Waals surface area contributed by atoms with E-state index in [1.54, 1.807) is 29.2 Å². The number of nitrogens with zero attached hydrogens (tertiary/aromatic N) is 7. The molecule has 1 aromatic carbocycles. The molecule has 5 rings (SSSR count). The number of fused-ring (bicyclic) bond motifs is 1. The van der Waals surface area contributed by atoms with Crippen molar-refractivity contribution in [2.45, 2.75) is 6.54 Å². The van der Waals surface area contributed by atoms with Gasteiger partial charge in [0.05, 0.1) is 46.2 Å². The van der Waals surface area contributed by atoms with Crippen LogP contribution in [0, 0.1) is 11.3 Å². The first kappa shape index (κ1) is 18.4. The van der Waals surface area contributed by atoms with Crippen molar-refractivity contribution in [3.63, 3.8) is 0 Å². The molecule has 0 saturated carbocycles. The number of nitriles is 1. The van der Waals surface area contributed by atoms with Crippen LogP contribution in [0.4, 0.5) is 5.82 Å². The van der Waals surface area contributed by atoms with Crippen LogP contribution < -0.4 is 5.73 Å². The molecule has 0 spiro atoms. The summed E-state index contributed by atoms with van der Waals surface area (Å²) in [7, 11) is 0. The van der Waals surface area contributed by atoms with E-state index in [-0.39, 0.29) is 0 Å². The van der Waals surface area contributed by atoms with Gasteiger partial charge in [0.2, 0.25) is 0 Å². The normalized spacial score (nSPS) is 10.8. The van der Waals surface area contributed by atoms with Gasteiger partial charge >= 0.3 is 0 Å². The second-order valence-electron chi connectivity index (χ2n) is 6.88. The molecule has 0 aliphatic heterocycles. The maximum atomic E-state index is 9.63. The lowest BCUT2D eigenvalue weighted by atomic mass is 9.97. The second kappa shape index (κ2) is 7.65. The molecule has 0 aliphatic rings. The molecule has 8 nitrogen and oxygen atoms in total. The van der Waals surface area contributed by atoms with Gasteiger partial charge in [0.1, 0.15) is 17.7 Å². The molecule has 0 unspecified atom stereocenters. The van der Waals surface area contributed by atoms with Gasteiger partial charge in [0.15, 0.2) is 0 Å². The van der Waals surface area contributed by atoms with Crippen LogP contribution in [0.25, 0.3) is 33.4 Å². The number of benzene rings is 1. The minimum absolute atomic E-state index is 0.336. The van der Waals surface area contributed by atoms with Crippen molar-refractivity contribution in [3.8, 4) is 28.6 Å². The molecule has 0 aliphatic carbocycles. The Balaban J connectivity index is 1.79. The summed E-state index contributed by atoms with van der Waals surface area (Å²) in [5.41, 5.74) is 11.0. The SMILES string of the molecule is N#Cc1ccccc1-c1nc(N)c2cn(Cc3ccccn3)nc2c1-c1ccncn1. The summed E-state index contributed by atoms with van der Waals surface area (Å²) >= 11 is 0. The molecule has 5 aromatic rings. The van der Waals surface area contributed by atoms with E-state index < -0.39 is 0 Å². The maximum absolute atomic E-state index is 9.63. The van der Waals surface area contributed by atoms with Crippen LogP contribution in [0.5, 0.6) is 0 Å². The van der Waals surface area contributed by atoms with Gasteiger partial charge in [-0.1, -0.05) is 24.3 Å². The largest absolute Gasteiger partial charge is 0.383 e. The molecule has 0 fully saturated rings. The maximum Gasteiger partial charge on any atom is 0.135 e. The highest BCUT2D eigenvalue weighted by atomic mass is 15.3. The number of rotatable bonds is 4. The van der Waals surface area contributed by atoms with Crippen LogP contribution in [0.2, 0.25) is 0 Å². The minimum Gasteiger partial charge on any atom is -0.383 e.